The highest BCUT2D eigenvalue weighted by Crippen LogP contribution is 2.35. The second-order valence-electron chi connectivity index (χ2n) is 6.57. The minimum Gasteiger partial charge on any atom is -0.459 e. The summed E-state index contributed by atoms with van der Waals surface area (Å²) in [6.45, 7) is 6.55. The molecule has 0 bridgehead atoms. The fourth-order valence-electron chi connectivity index (χ4n) is 3.09. The largest absolute Gasteiger partial charge is 0.459 e. The lowest BCUT2D eigenvalue weighted by Gasteiger charge is -2.36. The second-order valence-corrected chi connectivity index (χ2v) is 7.85. The van der Waals surface area contributed by atoms with Crippen LogP contribution in [0.1, 0.15) is 40.0 Å². The van der Waals surface area contributed by atoms with Gasteiger partial charge in [0.2, 0.25) is 0 Å². The van der Waals surface area contributed by atoms with Crippen LogP contribution in [0, 0.1) is 17.8 Å². The summed E-state index contributed by atoms with van der Waals surface area (Å²) in [4.78, 5) is 16.1. The third-order valence-electron chi connectivity index (χ3n) is 4.40. The fraction of sp³-hybridized carbons (Fsp3) is 0.556. The molecule has 1 fully saturated rings. The van der Waals surface area contributed by atoms with E-state index in [1.165, 1.54) is 17.9 Å². The highest BCUT2D eigenvalue weighted by molar-refractivity contribution is 7.88. The van der Waals surface area contributed by atoms with Crippen molar-refractivity contribution in [2.45, 2.75) is 51.2 Å². The Morgan fingerprint density at radius 1 is 1.39 bits per heavy atom. The van der Waals surface area contributed by atoms with Crippen molar-refractivity contribution in [2.75, 3.05) is 0 Å². The van der Waals surface area contributed by atoms with E-state index >= 15 is 0 Å². The third kappa shape index (κ3) is 5.27. The van der Waals surface area contributed by atoms with Crippen molar-refractivity contribution in [3.63, 3.8) is 0 Å². The first-order valence-corrected chi connectivity index (χ1v) is 9.39. The summed E-state index contributed by atoms with van der Waals surface area (Å²) >= 11 is 0. The van der Waals surface area contributed by atoms with Crippen LogP contribution in [0.2, 0.25) is 0 Å². The van der Waals surface area contributed by atoms with Crippen LogP contribution in [0.5, 0.6) is 0 Å². The smallest absolute Gasteiger partial charge is 0.331 e. The molecule has 0 N–H and O–H groups in total. The number of hydrogen-bond acceptors (Lipinski definition) is 4. The van der Waals surface area contributed by atoms with Gasteiger partial charge in [-0.2, -0.15) is 0 Å². The molecule has 126 valence electrons. The predicted octanol–water partition coefficient (Wildman–Crippen LogP) is 3.71. The van der Waals surface area contributed by atoms with Crippen LogP contribution in [-0.4, -0.2) is 21.3 Å². The highest BCUT2D eigenvalue weighted by Gasteiger charge is 2.32. The van der Waals surface area contributed by atoms with Crippen LogP contribution >= 0.6 is 0 Å². The van der Waals surface area contributed by atoms with E-state index in [-0.39, 0.29) is 6.10 Å². The van der Waals surface area contributed by atoms with Gasteiger partial charge in [-0.3, -0.25) is 0 Å². The van der Waals surface area contributed by atoms with E-state index in [4.69, 9.17) is 4.74 Å². The Kier molecular flexibility index (Phi) is 6.51. The molecule has 0 saturated heterocycles. The van der Waals surface area contributed by atoms with Gasteiger partial charge in [-0.1, -0.05) is 33.3 Å². The zero-order valence-corrected chi connectivity index (χ0v) is 14.8. The molecule has 0 aliphatic heterocycles. The fourth-order valence-corrected chi connectivity index (χ4v) is 3.84. The average Bonchev–Trinajstić information content (AvgIpc) is 2.53. The van der Waals surface area contributed by atoms with Crippen LogP contribution in [0.3, 0.4) is 0 Å². The molecule has 1 heterocycles. The Bertz CT molecular complexity index is 571. The Balaban J connectivity index is 1.95. The molecular weight excluding hydrogens is 310 g/mol. The van der Waals surface area contributed by atoms with Gasteiger partial charge in [0.1, 0.15) is 11.1 Å². The van der Waals surface area contributed by atoms with E-state index in [2.05, 4.69) is 25.8 Å². The first-order valence-electron chi connectivity index (χ1n) is 8.17. The number of rotatable bonds is 5. The molecule has 1 aromatic heterocycles. The summed E-state index contributed by atoms with van der Waals surface area (Å²) in [6, 6.07) is 5.20. The van der Waals surface area contributed by atoms with Crippen LogP contribution in [-0.2, 0) is 20.3 Å². The molecular formula is C18H25NO3S. The molecule has 4 unspecified atom stereocenters. The van der Waals surface area contributed by atoms with Gasteiger partial charge < -0.3 is 4.74 Å². The Morgan fingerprint density at radius 3 is 2.83 bits per heavy atom. The van der Waals surface area contributed by atoms with Gasteiger partial charge in [0.05, 0.1) is 10.8 Å². The van der Waals surface area contributed by atoms with Gasteiger partial charge in [-0.05, 0) is 42.7 Å². The number of hydrogen-bond donors (Lipinski definition) is 0. The molecule has 0 aromatic carbocycles. The SMILES string of the molecule is CC1CCC(C(C)C)C(OC(=O)/C=C/S(=O)c2ccccn2)C1. The molecule has 23 heavy (non-hydrogen) atoms. The van der Waals surface area contributed by atoms with Gasteiger partial charge in [0.25, 0.3) is 0 Å². The molecule has 1 aromatic rings. The number of nitrogens with zero attached hydrogens (tertiary/aromatic N) is 1. The molecule has 1 aliphatic rings. The van der Waals surface area contributed by atoms with Crippen molar-refractivity contribution < 1.29 is 13.7 Å². The van der Waals surface area contributed by atoms with Crippen molar-refractivity contribution in [3.8, 4) is 0 Å². The molecule has 1 aliphatic carbocycles. The van der Waals surface area contributed by atoms with Gasteiger partial charge >= 0.3 is 5.97 Å². The van der Waals surface area contributed by atoms with Crippen molar-refractivity contribution in [3.05, 3.63) is 35.9 Å². The second kappa shape index (κ2) is 8.39. The summed E-state index contributed by atoms with van der Waals surface area (Å²) in [6.07, 6.45) is 6.00. The van der Waals surface area contributed by atoms with Crippen LogP contribution < -0.4 is 0 Å². The van der Waals surface area contributed by atoms with E-state index in [1.54, 1.807) is 24.4 Å². The number of carbonyl (C=O) groups excluding carboxylic acids is 1. The number of pyridine rings is 1. The minimum atomic E-state index is -1.43. The van der Waals surface area contributed by atoms with Gasteiger partial charge in [0.15, 0.2) is 0 Å². The Hall–Kier alpha value is -1.49. The molecule has 0 spiro atoms. The lowest BCUT2D eigenvalue weighted by molar-refractivity contribution is -0.149. The van der Waals surface area contributed by atoms with Crippen molar-refractivity contribution in [1.82, 2.24) is 4.98 Å². The Morgan fingerprint density at radius 2 is 2.17 bits per heavy atom. The number of ether oxygens (including phenoxy) is 1. The maximum absolute atomic E-state index is 12.1. The summed E-state index contributed by atoms with van der Waals surface area (Å²) in [7, 11) is -1.43. The molecule has 0 radical (unpaired) electrons. The van der Waals surface area contributed by atoms with E-state index < -0.39 is 16.8 Å². The van der Waals surface area contributed by atoms with Crippen LogP contribution in [0.15, 0.2) is 40.9 Å². The Labute approximate surface area is 140 Å². The zero-order chi connectivity index (χ0) is 16.8. The molecule has 4 nitrogen and oxygen atoms in total. The van der Waals surface area contributed by atoms with Crippen LogP contribution in [0.4, 0.5) is 0 Å². The lowest BCUT2D eigenvalue weighted by atomic mass is 9.75. The van der Waals surface area contributed by atoms with Crippen molar-refractivity contribution in [2.24, 2.45) is 17.8 Å². The van der Waals surface area contributed by atoms with E-state index in [0.29, 0.717) is 22.8 Å². The average molecular weight is 335 g/mol. The van der Waals surface area contributed by atoms with Gasteiger partial charge in [0, 0.05) is 17.7 Å². The van der Waals surface area contributed by atoms with Crippen molar-refractivity contribution in [1.29, 1.82) is 0 Å². The van der Waals surface area contributed by atoms with Crippen LogP contribution in [0.25, 0.3) is 0 Å². The summed E-state index contributed by atoms with van der Waals surface area (Å²) in [5.74, 6) is 1.06. The summed E-state index contributed by atoms with van der Waals surface area (Å²) < 4.78 is 17.7. The van der Waals surface area contributed by atoms with E-state index in [9.17, 15) is 9.00 Å². The third-order valence-corrected chi connectivity index (χ3v) is 5.44. The monoisotopic (exact) mass is 335 g/mol. The molecule has 0 amide bonds. The van der Waals surface area contributed by atoms with Crippen molar-refractivity contribution >= 4 is 16.8 Å². The molecule has 4 atom stereocenters. The number of carbonyl (C=O) groups is 1. The maximum atomic E-state index is 12.1. The number of esters is 1. The normalized spacial score (nSPS) is 26.3. The molecule has 2 rings (SSSR count). The van der Waals surface area contributed by atoms with E-state index in [1.807, 2.05) is 0 Å². The first kappa shape index (κ1) is 17.9. The summed E-state index contributed by atoms with van der Waals surface area (Å²) in [5, 5.41) is 1.78. The van der Waals surface area contributed by atoms with Gasteiger partial charge in [-0.25, -0.2) is 14.0 Å². The quantitative estimate of drug-likeness (QED) is 0.608. The standard InChI is InChI=1S/C18H25NO3S/c1-13(2)15-8-7-14(3)12-16(15)22-18(20)9-11-23(21)17-6-4-5-10-19-17/h4-6,9-11,13-16H,7-8,12H2,1-3H3/b11-9+. The zero-order valence-electron chi connectivity index (χ0n) is 14.0. The molecule has 5 heteroatoms. The first-order chi connectivity index (χ1) is 11.0. The predicted molar refractivity (Wildman–Crippen MR) is 91.0 cm³/mol. The maximum Gasteiger partial charge on any atom is 0.331 e. The van der Waals surface area contributed by atoms with Gasteiger partial charge in [-0.15, -0.1) is 0 Å². The minimum absolute atomic E-state index is 0.0424. The topological polar surface area (TPSA) is 56.3 Å². The highest BCUT2D eigenvalue weighted by atomic mass is 32.2. The number of aromatic nitrogens is 1. The lowest BCUT2D eigenvalue weighted by Crippen LogP contribution is -2.35. The summed E-state index contributed by atoms with van der Waals surface area (Å²) in [5.41, 5.74) is 0. The molecule has 1 saturated carbocycles. The van der Waals surface area contributed by atoms with E-state index in [0.717, 1.165) is 12.8 Å².